The van der Waals surface area contributed by atoms with Crippen molar-refractivity contribution in [3.8, 4) is 0 Å². The zero-order valence-electron chi connectivity index (χ0n) is 9.54. The zero-order chi connectivity index (χ0) is 13.1. The summed E-state index contributed by atoms with van der Waals surface area (Å²) in [6.45, 7) is 0. The number of hydrogen-bond acceptors (Lipinski definition) is 1. The van der Waals surface area contributed by atoms with E-state index in [1.165, 1.54) is 0 Å². The Kier molecular flexibility index (Phi) is 4.52. The summed E-state index contributed by atoms with van der Waals surface area (Å²) in [5.41, 5.74) is 8.08. The first-order valence-corrected chi connectivity index (χ1v) is 6.64. The third kappa shape index (κ3) is 3.39. The van der Waals surface area contributed by atoms with Crippen molar-refractivity contribution in [2.24, 2.45) is 5.73 Å². The van der Waals surface area contributed by atoms with Gasteiger partial charge in [-0.2, -0.15) is 0 Å². The largest absolute Gasteiger partial charge is 0.324 e. The van der Waals surface area contributed by atoms with Crippen molar-refractivity contribution in [3.63, 3.8) is 0 Å². The fourth-order valence-corrected chi connectivity index (χ4v) is 2.38. The Balaban J connectivity index is 2.21. The van der Waals surface area contributed by atoms with E-state index in [1.807, 2.05) is 30.3 Å². The second-order valence-corrected chi connectivity index (χ2v) is 5.38. The molecule has 94 valence electrons. The van der Waals surface area contributed by atoms with Gasteiger partial charge in [-0.05, 0) is 47.9 Å². The lowest BCUT2D eigenvalue weighted by Gasteiger charge is -2.13. The van der Waals surface area contributed by atoms with Crippen LogP contribution in [-0.2, 0) is 6.42 Å². The Bertz CT molecular complexity index is 554. The summed E-state index contributed by atoms with van der Waals surface area (Å²) in [6.07, 6.45) is 0.625. The molecule has 0 aliphatic carbocycles. The summed E-state index contributed by atoms with van der Waals surface area (Å²) < 4.78 is 0. The maximum Gasteiger partial charge on any atom is 0.0439 e. The van der Waals surface area contributed by atoms with Gasteiger partial charge in [-0.15, -0.1) is 0 Å². The van der Waals surface area contributed by atoms with Gasteiger partial charge in [0.25, 0.3) is 0 Å². The highest BCUT2D eigenvalue weighted by Crippen LogP contribution is 2.26. The van der Waals surface area contributed by atoms with Crippen LogP contribution in [0.25, 0.3) is 0 Å². The van der Waals surface area contributed by atoms with E-state index >= 15 is 0 Å². The van der Waals surface area contributed by atoms with Gasteiger partial charge in [0, 0.05) is 21.1 Å². The molecule has 0 saturated carbocycles. The molecular formula is C14H12Cl3N. The van der Waals surface area contributed by atoms with E-state index < -0.39 is 0 Å². The summed E-state index contributed by atoms with van der Waals surface area (Å²) >= 11 is 18.0. The molecule has 18 heavy (non-hydrogen) atoms. The summed E-state index contributed by atoms with van der Waals surface area (Å²) in [6, 6.07) is 12.8. The van der Waals surface area contributed by atoms with Crippen LogP contribution in [0.5, 0.6) is 0 Å². The Morgan fingerprint density at radius 1 is 0.944 bits per heavy atom. The van der Waals surface area contributed by atoms with Crippen LogP contribution in [0.15, 0.2) is 42.5 Å². The van der Waals surface area contributed by atoms with Crippen LogP contribution in [0.2, 0.25) is 15.1 Å². The molecule has 0 heterocycles. The van der Waals surface area contributed by atoms with Gasteiger partial charge in [0.2, 0.25) is 0 Å². The van der Waals surface area contributed by atoms with Crippen molar-refractivity contribution in [2.75, 3.05) is 0 Å². The van der Waals surface area contributed by atoms with Gasteiger partial charge in [-0.3, -0.25) is 0 Å². The van der Waals surface area contributed by atoms with E-state index in [0.29, 0.717) is 21.5 Å². The standard InChI is InChI=1S/C14H12Cl3N/c15-11-3-1-2-9(6-11)14(18)8-10-7-12(16)4-5-13(10)17/h1-7,14H,8,18H2. The van der Waals surface area contributed by atoms with Gasteiger partial charge in [-0.1, -0.05) is 46.9 Å². The average molecular weight is 301 g/mol. The molecule has 2 aromatic rings. The number of rotatable bonds is 3. The lowest BCUT2D eigenvalue weighted by Crippen LogP contribution is -2.13. The molecule has 0 radical (unpaired) electrons. The monoisotopic (exact) mass is 299 g/mol. The molecule has 1 atom stereocenters. The van der Waals surface area contributed by atoms with Crippen LogP contribution in [0.3, 0.4) is 0 Å². The van der Waals surface area contributed by atoms with Crippen LogP contribution < -0.4 is 5.73 Å². The smallest absolute Gasteiger partial charge is 0.0439 e. The first kappa shape index (κ1) is 13.7. The molecule has 2 N–H and O–H groups in total. The predicted molar refractivity (Wildman–Crippen MR) is 78.5 cm³/mol. The van der Waals surface area contributed by atoms with Crippen LogP contribution in [0.4, 0.5) is 0 Å². The Labute approximate surface area is 121 Å². The lowest BCUT2D eigenvalue weighted by molar-refractivity contribution is 0.722. The quantitative estimate of drug-likeness (QED) is 0.858. The van der Waals surface area contributed by atoms with E-state index in [9.17, 15) is 0 Å². The average Bonchev–Trinajstić information content (AvgIpc) is 2.34. The van der Waals surface area contributed by atoms with Crippen molar-refractivity contribution >= 4 is 34.8 Å². The first-order chi connectivity index (χ1) is 8.56. The predicted octanol–water partition coefficient (Wildman–Crippen LogP) is 4.89. The highest BCUT2D eigenvalue weighted by molar-refractivity contribution is 6.33. The molecule has 0 bridgehead atoms. The fraction of sp³-hybridized carbons (Fsp3) is 0.143. The van der Waals surface area contributed by atoms with E-state index in [-0.39, 0.29) is 6.04 Å². The molecular weight excluding hydrogens is 289 g/mol. The molecule has 0 aliphatic heterocycles. The molecule has 0 aromatic heterocycles. The van der Waals surface area contributed by atoms with Crippen molar-refractivity contribution in [3.05, 3.63) is 68.7 Å². The van der Waals surface area contributed by atoms with Crippen molar-refractivity contribution in [1.29, 1.82) is 0 Å². The molecule has 0 aliphatic rings. The third-order valence-corrected chi connectivity index (χ3v) is 3.56. The molecule has 0 fully saturated rings. The maximum atomic E-state index is 6.15. The third-order valence-electron chi connectivity index (χ3n) is 2.72. The minimum Gasteiger partial charge on any atom is -0.324 e. The Hall–Kier alpha value is -0.730. The Morgan fingerprint density at radius 2 is 1.67 bits per heavy atom. The van der Waals surface area contributed by atoms with Crippen LogP contribution in [0.1, 0.15) is 17.2 Å². The molecule has 2 rings (SSSR count). The number of benzene rings is 2. The summed E-state index contributed by atoms with van der Waals surface area (Å²) in [7, 11) is 0. The van der Waals surface area contributed by atoms with Gasteiger partial charge in [-0.25, -0.2) is 0 Å². The van der Waals surface area contributed by atoms with Gasteiger partial charge in [0.15, 0.2) is 0 Å². The number of nitrogens with two attached hydrogens (primary N) is 1. The minimum atomic E-state index is -0.153. The minimum absolute atomic E-state index is 0.153. The van der Waals surface area contributed by atoms with Crippen LogP contribution in [0, 0.1) is 0 Å². The van der Waals surface area contributed by atoms with E-state index in [2.05, 4.69) is 0 Å². The SMILES string of the molecule is NC(Cc1cc(Cl)ccc1Cl)c1cccc(Cl)c1. The van der Waals surface area contributed by atoms with Crippen LogP contribution >= 0.6 is 34.8 Å². The van der Waals surface area contributed by atoms with Crippen molar-refractivity contribution in [1.82, 2.24) is 0 Å². The van der Waals surface area contributed by atoms with Gasteiger partial charge < -0.3 is 5.73 Å². The number of halogens is 3. The van der Waals surface area contributed by atoms with Gasteiger partial charge in [0.1, 0.15) is 0 Å². The normalized spacial score (nSPS) is 12.4. The Morgan fingerprint density at radius 3 is 2.39 bits per heavy atom. The van der Waals surface area contributed by atoms with Crippen LogP contribution in [-0.4, -0.2) is 0 Å². The molecule has 4 heteroatoms. The van der Waals surface area contributed by atoms with Crippen molar-refractivity contribution in [2.45, 2.75) is 12.5 Å². The lowest BCUT2D eigenvalue weighted by atomic mass is 10.00. The van der Waals surface area contributed by atoms with E-state index in [4.69, 9.17) is 40.5 Å². The topological polar surface area (TPSA) is 26.0 Å². The summed E-state index contributed by atoms with van der Waals surface area (Å²) in [4.78, 5) is 0. The zero-order valence-corrected chi connectivity index (χ0v) is 11.8. The summed E-state index contributed by atoms with van der Waals surface area (Å²) in [5, 5.41) is 2.02. The molecule has 0 spiro atoms. The highest BCUT2D eigenvalue weighted by Gasteiger charge is 2.10. The van der Waals surface area contributed by atoms with Crippen molar-refractivity contribution < 1.29 is 0 Å². The maximum absolute atomic E-state index is 6.15. The summed E-state index contributed by atoms with van der Waals surface area (Å²) in [5.74, 6) is 0. The molecule has 2 aromatic carbocycles. The van der Waals surface area contributed by atoms with E-state index in [0.717, 1.165) is 11.1 Å². The fourth-order valence-electron chi connectivity index (χ4n) is 1.79. The molecule has 0 saturated heterocycles. The molecule has 1 nitrogen and oxygen atoms in total. The van der Waals surface area contributed by atoms with Gasteiger partial charge in [0.05, 0.1) is 0 Å². The number of hydrogen-bond donors (Lipinski definition) is 1. The highest BCUT2D eigenvalue weighted by atomic mass is 35.5. The second kappa shape index (κ2) is 5.94. The first-order valence-electron chi connectivity index (χ1n) is 5.51. The molecule has 1 unspecified atom stereocenters. The van der Waals surface area contributed by atoms with E-state index in [1.54, 1.807) is 12.1 Å². The molecule has 0 amide bonds. The van der Waals surface area contributed by atoms with Gasteiger partial charge >= 0.3 is 0 Å². The second-order valence-electron chi connectivity index (χ2n) is 4.10.